The van der Waals surface area contributed by atoms with E-state index in [2.05, 4.69) is 5.32 Å². The van der Waals surface area contributed by atoms with Crippen LogP contribution in [0.4, 0.5) is 8.78 Å². The molecule has 0 radical (unpaired) electrons. The van der Waals surface area contributed by atoms with Gasteiger partial charge in [0.05, 0.1) is 11.6 Å². The summed E-state index contributed by atoms with van der Waals surface area (Å²) in [5, 5.41) is 3.52. The third-order valence-corrected chi connectivity index (χ3v) is 3.57. The Balaban J connectivity index is 2.27. The van der Waals surface area contributed by atoms with Gasteiger partial charge in [0.2, 0.25) is 0 Å². The molecule has 90 valence electrons. The molecular formula is C13H13F2NO. The zero-order valence-corrected chi connectivity index (χ0v) is 9.52. The van der Waals surface area contributed by atoms with E-state index >= 15 is 0 Å². The Labute approximate surface area is 97.6 Å². The van der Waals surface area contributed by atoms with Crippen molar-refractivity contribution < 1.29 is 13.2 Å². The number of fused-ring (bicyclic) bond motifs is 1. The van der Waals surface area contributed by atoms with E-state index in [4.69, 9.17) is 4.42 Å². The predicted molar refractivity (Wildman–Crippen MR) is 60.7 cm³/mol. The monoisotopic (exact) mass is 237 g/mol. The van der Waals surface area contributed by atoms with Gasteiger partial charge in [-0.3, -0.25) is 0 Å². The second-order valence-electron chi connectivity index (χ2n) is 4.74. The second kappa shape index (κ2) is 3.53. The molecule has 1 atom stereocenters. The van der Waals surface area contributed by atoms with Gasteiger partial charge < -0.3 is 9.73 Å². The molecule has 0 saturated carbocycles. The number of benzene rings is 1. The Morgan fingerprint density at radius 2 is 2.24 bits per heavy atom. The predicted octanol–water partition coefficient (Wildman–Crippen LogP) is 3.31. The van der Waals surface area contributed by atoms with E-state index in [-0.39, 0.29) is 11.1 Å². The highest BCUT2D eigenvalue weighted by atomic mass is 19.1. The minimum absolute atomic E-state index is 0.129. The van der Waals surface area contributed by atoms with Crippen LogP contribution in [0.5, 0.6) is 0 Å². The summed E-state index contributed by atoms with van der Waals surface area (Å²) in [6.07, 6.45) is 3.05. The maximum Gasteiger partial charge on any atom is 0.142 e. The first-order chi connectivity index (χ1) is 8.12. The smallest absolute Gasteiger partial charge is 0.142 e. The van der Waals surface area contributed by atoms with Crippen LogP contribution >= 0.6 is 0 Å². The molecule has 1 aliphatic rings. The van der Waals surface area contributed by atoms with Gasteiger partial charge in [0.15, 0.2) is 0 Å². The van der Waals surface area contributed by atoms with Crippen molar-refractivity contribution in [2.45, 2.75) is 25.3 Å². The van der Waals surface area contributed by atoms with Gasteiger partial charge in [-0.05, 0) is 32.4 Å². The highest BCUT2D eigenvalue weighted by molar-refractivity contribution is 5.79. The fraction of sp³-hybridized carbons (Fsp3) is 0.385. The molecule has 0 amide bonds. The minimum Gasteiger partial charge on any atom is -0.464 e. The molecule has 17 heavy (non-hydrogen) atoms. The van der Waals surface area contributed by atoms with E-state index in [1.807, 2.05) is 6.92 Å². The van der Waals surface area contributed by atoms with Gasteiger partial charge in [0, 0.05) is 17.2 Å². The first-order valence-corrected chi connectivity index (χ1v) is 5.72. The molecule has 2 aromatic rings. The molecule has 3 rings (SSSR count). The highest BCUT2D eigenvalue weighted by Crippen LogP contribution is 2.37. The van der Waals surface area contributed by atoms with E-state index in [0.29, 0.717) is 5.39 Å². The topological polar surface area (TPSA) is 25.2 Å². The molecule has 1 fully saturated rings. The molecule has 1 aliphatic heterocycles. The van der Waals surface area contributed by atoms with Crippen molar-refractivity contribution >= 4 is 11.0 Å². The van der Waals surface area contributed by atoms with Crippen LogP contribution in [0, 0.1) is 11.6 Å². The summed E-state index contributed by atoms with van der Waals surface area (Å²) in [5.41, 5.74) is -0.228. The normalized spacial score (nSPS) is 24.6. The van der Waals surface area contributed by atoms with Gasteiger partial charge in [-0.15, -0.1) is 0 Å². The Bertz CT molecular complexity index is 570. The summed E-state index contributed by atoms with van der Waals surface area (Å²) in [6, 6.07) is 2.80. The van der Waals surface area contributed by atoms with Gasteiger partial charge in [-0.25, -0.2) is 8.78 Å². The van der Waals surface area contributed by atoms with Crippen molar-refractivity contribution in [3.63, 3.8) is 0 Å². The molecule has 1 unspecified atom stereocenters. The number of furan rings is 1. The maximum atomic E-state index is 14.3. The van der Waals surface area contributed by atoms with Crippen molar-refractivity contribution in [1.82, 2.24) is 5.32 Å². The highest BCUT2D eigenvalue weighted by Gasteiger charge is 2.36. The molecular weight excluding hydrogens is 224 g/mol. The van der Waals surface area contributed by atoms with Crippen LogP contribution in [-0.4, -0.2) is 6.54 Å². The van der Waals surface area contributed by atoms with Gasteiger partial charge in [0.25, 0.3) is 0 Å². The molecule has 4 heteroatoms. The number of nitrogens with one attached hydrogen (secondary N) is 1. The van der Waals surface area contributed by atoms with E-state index in [0.717, 1.165) is 19.4 Å². The quantitative estimate of drug-likeness (QED) is 0.823. The fourth-order valence-corrected chi connectivity index (χ4v) is 2.65. The summed E-state index contributed by atoms with van der Waals surface area (Å²) in [7, 11) is 0. The summed E-state index contributed by atoms with van der Waals surface area (Å²) in [5.74, 6) is -1.05. The van der Waals surface area contributed by atoms with E-state index in [1.54, 1.807) is 0 Å². The van der Waals surface area contributed by atoms with Crippen LogP contribution in [0.25, 0.3) is 11.0 Å². The Morgan fingerprint density at radius 3 is 2.94 bits per heavy atom. The Morgan fingerprint density at radius 1 is 1.41 bits per heavy atom. The first-order valence-electron chi connectivity index (χ1n) is 5.72. The van der Waals surface area contributed by atoms with Crippen molar-refractivity contribution in [3.05, 3.63) is 35.6 Å². The van der Waals surface area contributed by atoms with Gasteiger partial charge in [-0.1, -0.05) is 0 Å². The molecule has 1 saturated heterocycles. The second-order valence-corrected chi connectivity index (χ2v) is 4.74. The minimum atomic E-state index is -0.611. The lowest BCUT2D eigenvalue weighted by molar-refractivity contribution is 0.388. The number of halogens is 2. The van der Waals surface area contributed by atoms with Crippen molar-refractivity contribution in [1.29, 1.82) is 0 Å². The molecule has 0 spiro atoms. The fourth-order valence-electron chi connectivity index (χ4n) is 2.65. The molecule has 2 nitrogen and oxygen atoms in total. The molecule has 0 aliphatic carbocycles. The molecule has 2 heterocycles. The number of rotatable bonds is 1. The van der Waals surface area contributed by atoms with Gasteiger partial charge >= 0.3 is 0 Å². The van der Waals surface area contributed by atoms with Crippen molar-refractivity contribution in [3.8, 4) is 0 Å². The average Bonchev–Trinajstić information content (AvgIpc) is 2.87. The van der Waals surface area contributed by atoms with Crippen LogP contribution < -0.4 is 5.32 Å². The summed E-state index contributed by atoms with van der Waals surface area (Å²) >= 11 is 0. The number of hydrogen-bond donors (Lipinski definition) is 1. The largest absolute Gasteiger partial charge is 0.464 e. The standard InChI is InChI=1S/C13H13F2NO/c1-13(4-2-5-16-13)11-9(14)7-10-8(12(11)15)3-6-17-10/h3,6-7,16H,2,4-5H2,1H3. The number of hydrogen-bond acceptors (Lipinski definition) is 2. The lowest BCUT2D eigenvalue weighted by atomic mass is 9.89. The summed E-state index contributed by atoms with van der Waals surface area (Å²) < 4.78 is 33.4. The van der Waals surface area contributed by atoms with Crippen LogP contribution in [0.1, 0.15) is 25.3 Å². The molecule has 1 aromatic carbocycles. The van der Waals surface area contributed by atoms with E-state index in [1.165, 1.54) is 18.4 Å². The lowest BCUT2D eigenvalue weighted by Crippen LogP contribution is -2.35. The van der Waals surface area contributed by atoms with Gasteiger partial charge in [0.1, 0.15) is 17.2 Å². The van der Waals surface area contributed by atoms with E-state index < -0.39 is 17.2 Å². The van der Waals surface area contributed by atoms with Gasteiger partial charge in [-0.2, -0.15) is 0 Å². The van der Waals surface area contributed by atoms with Crippen LogP contribution in [0.2, 0.25) is 0 Å². The molecule has 0 bridgehead atoms. The SMILES string of the molecule is CC1(c2c(F)cc3occc3c2F)CCCN1. The Hall–Kier alpha value is -1.42. The maximum absolute atomic E-state index is 14.3. The zero-order chi connectivity index (χ0) is 12.0. The summed E-state index contributed by atoms with van der Waals surface area (Å²) in [6.45, 7) is 2.63. The van der Waals surface area contributed by atoms with Crippen molar-refractivity contribution in [2.24, 2.45) is 0 Å². The van der Waals surface area contributed by atoms with E-state index in [9.17, 15) is 8.78 Å². The third kappa shape index (κ3) is 1.47. The lowest BCUT2D eigenvalue weighted by Gasteiger charge is -2.26. The third-order valence-electron chi connectivity index (χ3n) is 3.57. The molecule has 1 aromatic heterocycles. The Kier molecular flexibility index (Phi) is 2.23. The van der Waals surface area contributed by atoms with Crippen LogP contribution in [0.15, 0.2) is 22.8 Å². The zero-order valence-electron chi connectivity index (χ0n) is 9.52. The average molecular weight is 237 g/mol. The summed E-state index contributed by atoms with van der Waals surface area (Å²) in [4.78, 5) is 0. The van der Waals surface area contributed by atoms with Crippen LogP contribution in [-0.2, 0) is 5.54 Å². The first kappa shape index (κ1) is 10.7. The van der Waals surface area contributed by atoms with Crippen molar-refractivity contribution in [2.75, 3.05) is 6.54 Å². The molecule has 1 N–H and O–H groups in total. The van der Waals surface area contributed by atoms with Crippen LogP contribution in [0.3, 0.4) is 0 Å².